The summed E-state index contributed by atoms with van der Waals surface area (Å²) < 4.78 is 7.53. The van der Waals surface area contributed by atoms with Crippen LogP contribution in [0.1, 0.15) is 44.7 Å². The van der Waals surface area contributed by atoms with Crippen LogP contribution in [0.25, 0.3) is 0 Å². The lowest BCUT2D eigenvalue weighted by Crippen LogP contribution is -2.43. The van der Waals surface area contributed by atoms with E-state index in [1.807, 2.05) is 52.9 Å². The summed E-state index contributed by atoms with van der Waals surface area (Å²) in [6.07, 6.45) is 0.718. The van der Waals surface area contributed by atoms with Gasteiger partial charge in [-0.1, -0.05) is 42.5 Å². The van der Waals surface area contributed by atoms with E-state index in [2.05, 4.69) is 22.2 Å². The van der Waals surface area contributed by atoms with E-state index in [1.54, 1.807) is 0 Å². The summed E-state index contributed by atoms with van der Waals surface area (Å²) in [4.78, 5) is 28.6. The van der Waals surface area contributed by atoms with Crippen LogP contribution in [0.3, 0.4) is 0 Å². The maximum absolute atomic E-state index is 13.6. The summed E-state index contributed by atoms with van der Waals surface area (Å²) in [5.74, 6) is 1.66. The lowest BCUT2D eigenvalue weighted by Gasteiger charge is -2.35. The number of carbonyl (C=O) groups is 2. The first-order valence-electron chi connectivity index (χ1n) is 10.1. The number of aromatic nitrogens is 3. The maximum atomic E-state index is 13.6. The molecule has 0 bridgehead atoms. The van der Waals surface area contributed by atoms with E-state index in [1.165, 1.54) is 5.56 Å². The third kappa shape index (κ3) is 4.20. The number of nitrogens with zero attached hydrogens (tertiary/aromatic N) is 4. The zero-order chi connectivity index (χ0) is 21.8. The standard InChI is InChI=1S/C22H22N4O2.CH2O2/c1-15-23-21-20(12-16-6-3-2-4-7-16)25(10-11-26(21)24-15)22(27)18-9-5-8-17-13-28-14-19(17)18;2-1-3/h2-9,20H,10-14H2,1H3;1H,(H,2,3)/t20-;/m0./s1. The monoisotopic (exact) mass is 420 g/mol. The molecule has 0 spiro atoms. The van der Waals surface area contributed by atoms with Crippen LogP contribution < -0.4 is 0 Å². The normalized spacial score (nSPS) is 16.7. The molecule has 1 amide bonds. The molecule has 8 heteroatoms. The molecule has 0 radical (unpaired) electrons. The first-order chi connectivity index (χ1) is 15.1. The van der Waals surface area contributed by atoms with Crippen molar-refractivity contribution in [3.05, 3.63) is 82.4 Å². The molecule has 1 N–H and O–H groups in total. The molecule has 5 rings (SSSR count). The SMILES string of the molecule is Cc1nc2n(n1)CCN(C(=O)c1cccc3c1COC3)[C@H]2Cc1ccccc1.O=CO. The molecule has 2 aliphatic rings. The third-order valence-corrected chi connectivity index (χ3v) is 5.57. The first-order valence-corrected chi connectivity index (χ1v) is 10.1. The van der Waals surface area contributed by atoms with Crippen molar-refractivity contribution in [3.63, 3.8) is 0 Å². The lowest BCUT2D eigenvalue weighted by molar-refractivity contribution is -0.122. The maximum Gasteiger partial charge on any atom is 0.290 e. The summed E-state index contributed by atoms with van der Waals surface area (Å²) in [6.45, 7) is 4.02. The fourth-order valence-corrected chi connectivity index (χ4v) is 4.22. The van der Waals surface area contributed by atoms with E-state index in [-0.39, 0.29) is 18.4 Å². The number of benzene rings is 2. The van der Waals surface area contributed by atoms with Crippen molar-refractivity contribution in [1.29, 1.82) is 0 Å². The van der Waals surface area contributed by atoms with E-state index in [4.69, 9.17) is 14.6 Å². The average molecular weight is 420 g/mol. The van der Waals surface area contributed by atoms with Gasteiger partial charge in [0.2, 0.25) is 0 Å². The summed E-state index contributed by atoms with van der Waals surface area (Å²) >= 11 is 0. The van der Waals surface area contributed by atoms with Gasteiger partial charge in [-0.3, -0.25) is 9.59 Å². The van der Waals surface area contributed by atoms with Crippen molar-refractivity contribution in [2.75, 3.05) is 6.54 Å². The first kappa shape index (κ1) is 20.7. The number of hydrogen-bond acceptors (Lipinski definition) is 5. The minimum atomic E-state index is -0.250. The second kappa shape index (κ2) is 9.09. The largest absolute Gasteiger partial charge is 0.483 e. The molecule has 0 saturated carbocycles. The summed E-state index contributed by atoms with van der Waals surface area (Å²) in [6, 6.07) is 16.0. The Kier molecular flexibility index (Phi) is 6.08. The van der Waals surface area contributed by atoms with Crippen molar-refractivity contribution >= 4 is 12.4 Å². The van der Waals surface area contributed by atoms with Gasteiger partial charge in [0.15, 0.2) is 0 Å². The predicted molar refractivity (Wildman–Crippen MR) is 112 cm³/mol. The van der Waals surface area contributed by atoms with Gasteiger partial charge in [0.05, 0.1) is 25.8 Å². The van der Waals surface area contributed by atoms with Crippen LogP contribution in [0.4, 0.5) is 0 Å². The van der Waals surface area contributed by atoms with Crippen LogP contribution in [0.5, 0.6) is 0 Å². The molecule has 0 saturated heterocycles. The molecule has 8 nitrogen and oxygen atoms in total. The number of rotatable bonds is 3. The highest BCUT2D eigenvalue weighted by atomic mass is 16.5. The van der Waals surface area contributed by atoms with Crippen molar-refractivity contribution < 1.29 is 19.4 Å². The average Bonchev–Trinajstić information content (AvgIpc) is 3.40. The number of hydrogen-bond donors (Lipinski definition) is 1. The Labute approximate surface area is 180 Å². The van der Waals surface area contributed by atoms with Gasteiger partial charge < -0.3 is 14.7 Å². The van der Waals surface area contributed by atoms with Gasteiger partial charge in [-0.25, -0.2) is 9.67 Å². The van der Waals surface area contributed by atoms with Gasteiger partial charge in [-0.15, -0.1) is 0 Å². The van der Waals surface area contributed by atoms with E-state index < -0.39 is 0 Å². The summed E-state index contributed by atoms with van der Waals surface area (Å²) in [5.41, 5.74) is 4.06. The van der Waals surface area contributed by atoms with Crippen LogP contribution in [0.15, 0.2) is 48.5 Å². The number of carbonyl (C=O) groups excluding carboxylic acids is 1. The van der Waals surface area contributed by atoms with Crippen molar-refractivity contribution in [2.24, 2.45) is 0 Å². The number of fused-ring (bicyclic) bond motifs is 2. The Morgan fingerprint density at radius 3 is 2.71 bits per heavy atom. The highest BCUT2D eigenvalue weighted by Gasteiger charge is 2.35. The van der Waals surface area contributed by atoms with Crippen LogP contribution in [-0.4, -0.2) is 43.7 Å². The molecule has 1 atom stereocenters. The van der Waals surface area contributed by atoms with Crippen molar-refractivity contribution in [3.8, 4) is 0 Å². The summed E-state index contributed by atoms with van der Waals surface area (Å²) in [5, 5.41) is 11.4. The zero-order valence-electron chi connectivity index (χ0n) is 17.3. The molecule has 31 heavy (non-hydrogen) atoms. The fraction of sp³-hybridized carbons (Fsp3) is 0.304. The topological polar surface area (TPSA) is 97.5 Å². The van der Waals surface area contributed by atoms with Crippen LogP contribution in [0, 0.1) is 6.92 Å². The predicted octanol–water partition coefficient (Wildman–Crippen LogP) is 2.76. The smallest absolute Gasteiger partial charge is 0.290 e. The molecular weight excluding hydrogens is 396 g/mol. The highest BCUT2D eigenvalue weighted by molar-refractivity contribution is 5.96. The van der Waals surface area contributed by atoms with Crippen LogP contribution in [0.2, 0.25) is 0 Å². The number of amides is 1. The fourth-order valence-electron chi connectivity index (χ4n) is 4.22. The Hall–Kier alpha value is -3.52. The van der Waals surface area contributed by atoms with Crippen LogP contribution in [-0.2, 0) is 35.7 Å². The molecule has 3 heterocycles. The molecule has 0 fully saturated rings. The van der Waals surface area contributed by atoms with Gasteiger partial charge in [-0.2, -0.15) is 5.10 Å². The number of aryl methyl sites for hydroxylation is 1. The third-order valence-electron chi connectivity index (χ3n) is 5.57. The number of ether oxygens (including phenoxy) is 1. The molecule has 2 aliphatic heterocycles. The van der Waals surface area contributed by atoms with Gasteiger partial charge in [0, 0.05) is 18.5 Å². The van der Waals surface area contributed by atoms with Gasteiger partial charge in [-0.05, 0) is 29.7 Å². The minimum Gasteiger partial charge on any atom is -0.483 e. The van der Waals surface area contributed by atoms with E-state index >= 15 is 0 Å². The second-order valence-electron chi connectivity index (χ2n) is 7.49. The Bertz CT molecular complexity index is 1080. The van der Waals surface area contributed by atoms with Crippen molar-refractivity contribution in [1.82, 2.24) is 19.7 Å². The Balaban J connectivity index is 0.000000730. The zero-order valence-corrected chi connectivity index (χ0v) is 17.3. The van der Waals surface area contributed by atoms with Gasteiger partial charge in [0.25, 0.3) is 12.4 Å². The van der Waals surface area contributed by atoms with Gasteiger partial charge in [0.1, 0.15) is 11.6 Å². The molecule has 160 valence electrons. The molecule has 0 unspecified atom stereocenters. The van der Waals surface area contributed by atoms with Gasteiger partial charge >= 0.3 is 0 Å². The summed E-state index contributed by atoms with van der Waals surface area (Å²) in [7, 11) is 0. The molecule has 3 aromatic rings. The molecule has 0 aliphatic carbocycles. The minimum absolute atomic E-state index is 0.0511. The highest BCUT2D eigenvalue weighted by Crippen LogP contribution is 2.31. The van der Waals surface area contributed by atoms with Crippen molar-refractivity contribution in [2.45, 2.75) is 39.1 Å². The molecule has 1 aromatic heterocycles. The quantitative estimate of drug-likeness (QED) is 0.655. The van der Waals surface area contributed by atoms with E-state index in [0.717, 1.165) is 34.8 Å². The second-order valence-corrected chi connectivity index (χ2v) is 7.49. The van der Waals surface area contributed by atoms with E-state index in [9.17, 15) is 4.79 Å². The Morgan fingerprint density at radius 2 is 1.94 bits per heavy atom. The lowest BCUT2D eigenvalue weighted by atomic mass is 9.98. The molecule has 2 aromatic carbocycles. The number of carboxylic acid groups (broad SMARTS) is 1. The molecular formula is C23H24N4O4. The van der Waals surface area contributed by atoms with E-state index in [0.29, 0.717) is 26.3 Å². The Morgan fingerprint density at radius 1 is 1.16 bits per heavy atom. The van der Waals surface area contributed by atoms with Crippen LogP contribution >= 0.6 is 0 Å².